The molecule has 0 saturated carbocycles. The Balaban J connectivity index is 1.88. The minimum absolute atomic E-state index is 0.291. The number of benzene rings is 6. The van der Waals surface area contributed by atoms with Gasteiger partial charge in [0.25, 0.3) is 0 Å². The van der Waals surface area contributed by atoms with Gasteiger partial charge in [0, 0.05) is 0 Å². The Hall–Kier alpha value is -2.80. The van der Waals surface area contributed by atoms with E-state index in [4.69, 9.17) is 0 Å². The Morgan fingerprint density at radius 2 is 0.459 bits per heavy atom. The summed E-state index contributed by atoms with van der Waals surface area (Å²) in [6.45, 7) is 63.1. The first-order valence-corrected chi connectivity index (χ1v) is 62.5. The van der Waals surface area contributed by atoms with E-state index < -0.39 is 39.3 Å². The van der Waals surface area contributed by atoms with E-state index >= 15 is 0 Å². The van der Waals surface area contributed by atoms with Crippen LogP contribution in [0, 0.1) is 0 Å². The average Bonchev–Trinajstić information content (AvgIpc) is 1.29. The number of hydrogen-bond donors (Lipinski definition) is 0. The molecule has 0 N–H and O–H groups in total. The van der Waals surface area contributed by atoms with Crippen molar-refractivity contribution >= 4 is 92.6 Å². The summed E-state index contributed by atoms with van der Waals surface area (Å²) in [5.41, 5.74) is 29.1. The van der Waals surface area contributed by atoms with Crippen molar-refractivity contribution in [1.82, 2.24) is 0 Å². The lowest BCUT2D eigenvalue weighted by atomic mass is 9.89. The van der Waals surface area contributed by atoms with Gasteiger partial charge in [-0.15, -0.1) is 0 Å². The van der Waals surface area contributed by atoms with Crippen LogP contribution in [0.25, 0.3) is 0 Å². The molecule has 2 bridgehead atoms. The SMILES string of the molecule is CCCc1cc(CCC)c([Si](Cl)(c2c(CCC)cc(CCC)cc2CCC)[Si]23[Si]4(c5c(C(C)C)cc(C(C)C)cc5C(C)C)[Si](Cl)(c5c(C(C)C)cc(C(C)C)cc5C(C)C)[Si]2(c2c(C(C)C)cc(C(C)C)cc2C(C)C)[Si]43c2c(C(C)C)cc(C(C)C)cc2C(C)C)c(CCC)c1. The highest BCUT2D eigenvalue weighted by Crippen LogP contribution is 2.93. The number of halogens is 2. The first-order chi connectivity index (χ1) is 46.1. The molecule has 4 heterocycles. The molecule has 6 aromatic rings. The van der Waals surface area contributed by atoms with Gasteiger partial charge in [-0.1, -0.05) is 335 Å². The minimum atomic E-state index is -3.76. The van der Waals surface area contributed by atoms with E-state index in [1.165, 1.54) is 22.3 Å². The smallest absolute Gasteiger partial charge is 0.168 e. The van der Waals surface area contributed by atoms with Gasteiger partial charge in [-0.3, -0.25) is 0 Å². The standard InChI is InChI=1S/C90H138Cl2Si6/c1-31-37-67-43-69(39-33-3)85(70(44-67)40-34-4)93(91,86-71(41-35-5)45-68(38-32-2)46-72(86)42-36-6)98-95(88-79(61(19)20)49-74(56(9)10)50-80(88)62(21)22)94(92,87-77(59(15)16)47-73(55(7)8)48-78(87)60(17)18)96(98,89-81(63(23)24)51-75(57(11)12)52-82(89)64(25)26)97(95,98)90-83(65(27)28)53-76(58(13)14)54-84(90)66(29)30/h43-66H,31-42H2,1-30H3. The molecule has 4 fully saturated rings. The van der Waals surface area contributed by atoms with Crippen molar-refractivity contribution in [3.63, 3.8) is 0 Å². The van der Waals surface area contributed by atoms with Gasteiger partial charge >= 0.3 is 0 Å². The summed E-state index contributed by atoms with van der Waals surface area (Å²) in [5, 5.41) is 11.1. The van der Waals surface area contributed by atoms with Crippen molar-refractivity contribution in [3.05, 3.63) is 173 Å². The van der Waals surface area contributed by atoms with Gasteiger partial charge in [-0.25, -0.2) is 0 Å². The van der Waals surface area contributed by atoms with E-state index in [0.717, 1.165) is 77.0 Å². The van der Waals surface area contributed by atoms with Crippen molar-refractivity contribution in [2.45, 2.75) is 356 Å². The number of aryl methyl sites for hydroxylation is 6. The fourth-order valence-electron chi connectivity index (χ4n) is 20.9. The number of rotatable bonds is 31. The van der Waals surface area contributed by atoms with Crippen LogP contribution in [0.4, 0.5) is 0 Å². The molecule has 2 atom stereocenters. The molecule has 4 aliphatic rings. The van der Waals surface area contributed by atoms with Crippen LogP contribution in [0.3, 0.4) is 0 Å². The fourth-order valence-corrected chi connectivity index (χ4v) is 565. The van der Waals surface area contributed by atoms with Gasteiger partial charge in [0.05, 0.1) is 26.0 Å². The summed E-state index contributed by atoms with van der Waals surface area (Å²) in [5.74, 6) is 3.99. The monoisotopic (exact) mass is 1460 g/mol. The average molecular weight is 1460 g/mol. The second-order valence-corrected chi connectivity index (χ2v) is 113. The molecule has 0 radical (unpaired) electrons. The quantitative estimate of drug-likeness (QED) is 0.0301. The predicted octanol–water partition coefficient (Wildman–Crippen LogP) is 23.5. The van der Waals surface area contributed by atoms with E-state index in [-0.39, 0.29) is 0 Å². The second kappa shape index (κ2) is 30.0. The van der Waals surface area contributed by atoms with Crippen molar-refractivity contribution in [2.75, 3.05) is 0 Å². The van der Waals surface area contributed by atoms with Crippen LogP contribution in [0.15, 0.2) is 72.8 Å². The molecule has 2 unspecified atom stereocenters. The first-order valence-electron chi connectivity index (χ1n) is 40.5. The van der Waals surface area contributed by atoms with Crippen molar-refractivity contribution in [3.8, 4) is 0 Å². The zero-order valence-electron chi connectivity index (χ0n) is 68.1. The summed E-state index contributed by atoms with van der Waals surface area (Å²) in [7, 11) is 0. The van der Waals surface area contributed by atoms with E-state index in [1.54, 1.807) is 93.4 Å². The lowest BCUT2D eigenvalue weighted by molar-refractivity contribution is 0.810. The molecule has 0 nitrogen and oxygen atoms in total. The Bertz CT molecular complexity index is 3560. The summed E-state index contributed by atoms with van der Waals surface area (Å²) in [4.78, 5) is 0. The molecular formula is C90H138Cl2Si6. The maximum atomic E-state index is 11.4. The molecule has 0 aromatic heterocycles. The zero-order chi connectivity index (χ0) is 72.8. The summed E-state index contributed by atoms with van der Waals surface area (Å²) >= 11 is 22.7. The van der Waals surface area contributed by atoms with Crippen LogP contribution in [0.5, 0.6) is 0 Å². The largest absolute Gasteiger partial charge is 0.199 e. The maximum Gasteiger partial charge on any atom is 0.199 e. The molecule has 0 aliphatic carbocycles. The first kappa shape index (κ1) is 79.3. The fraction of sp³-hybridized carbons (Fsp3) is 0.600. The third kappa shape index (κ3) is 11.4. The predicted molar refractivity (Wildman–Crippen MR) is 456 cm³/mol. The lowest BCUT2D eigenvalue weighted by Gasteiger charge is -2.71. The summed E-state index contributed by atoms with van der Waals surface area (Å²) in [6, 6.07) is 34.1. The van der Waals surface area contributed by atoms with Gasteiger partial charge in [-0.05, 0) is 225 Å². The van der Waals surface area contributed by atoms with Gasteiger partial charge in [-0.2, -0.15) is 22.2 Å². The van der Waals surface area contributed by atoms with E-state index in [0.29, 0.717) is 71.0 Å². The zero-order valence-corrected chi connectivity index (χ0v) is 75.6. The Kier molecular flexibility index (Phi) is 24.3. The molecule has 8 heteroatoms. The molecule has 0 spiro atoms. The van der Waals surface area contributed by atoms with E-state index in [1.807, 2.05) is 15.6 Å². The Morgan fingerprint density at radius 1 is 0.265 bits per heavy atom. The van der Waals surface area contributed by atoms with Crippen molar-refractivity contribution in [2.24, 2.45) is 0 Å². The topological polar surface area (TPSA) is 0 Å². The van der Waals surface area contributed by atoms with Gasteiger partial charge < -0.3 is 0 Å². The highest BCUT2D eigenvalue weighted by atomic mass is 35.6. The van der Waals surface area contributed by atoms with Crippen molar-refractivity contribution in [1.29, 1.82) is 0 Å². The maximum absolute atomic E-state index is 11.4. The normalized spacial score (nSPS) is 21.4. The lowest BCUT2D eigenvalue weighted by Crippen LogP contribution is -3.12. The van der Waals surface area contributed by atoms with Crippen LogP contribution in [0.1, 0.15) is 417 Å². The summed E-state index contributed by atoms with van der Waals surface area (Å²) in [6.07, 6.45) is 6.35. The van der Waals surface area contributed by atoms with Crippen molar-refractivity contribution < 1.29 is 0 Å². The highest BCUT2D eigenvalue weighted by molar-refractivity contribution is 8.92. The van der Waals surface area contributed by atoms with Crippen LogP contribution < -0.4 is 31.1 Å². The van der Waals surface area contributed by atoms with Gasteiger partial charge in [0.15, 0.2) is 13.3 Å². The van der Waals surface area contributed by atoms with E-state index in [9.17, 15) is 22.2 Å². The molecular weight excluding hydrogens is 1320 g/mol. The molecule has 10 rings (SSSR count). The minimum Gasteiger partial charge on any atom is -0.168 e. The highest BCUT2D eigenvalue weighted by Gasteiger charge is 3.36. The molecule has 4 saturated heterocycles. The molecule has 0 amide bonds. The van der Waals surface area contributed by atoms with Gasteiger partial charge in [0.2, 0.25) is 0 Å². The van der Waals surface area contributed by atoms with Crippen LogP contribution >= 0.6 is 22.2 Å². The number of hydrogen-bond acceptors (Lipinski definition) is 0. The molecule has 6 aromatic carbocycles. The second-order valence-electron chi connectivity index (χ2n) is 35.5. The van der Waals surface area contributed by atoms with Crippen LogP contribution in [0.2, 0.25) is 0 Å². The van der Waals surface area contributed by atoms with E-state index in [2.05, 4.69) is 281 Å². The molecule has 98 heavy (non-hydrogen) atoms. The molecule has 4 aliphatic heterocycles. The Morgan fingerprint density at radius 3 is 0.643 bits per heavy atom. The molecule has 536 valence electrons. The third-order valence-electron chi connectivity index (χ3n) is 24.8. The third-order valence-corrected chi connectivity index (χ3v) is 249. The Labute approximate surface area is 616 Å². The van der Waals surface area contributed by atoms with Crippen LogP contribution in [-0.4, -0.2) is 39.3 Å². The van der Waals surface area contributed by atoms with Crippen LogP contribution in [-0.2, 0) is 38.5 Å². The summed E-state index contributed by atoms with van der Waals surface area (Å²) < 4.78 is 0. The van der Waals surface area contributed by atoms with Gasteiger partial charge in [0.1, 0.15) is 0 Å².